The summed E-state index contributed by atoms with van der Waals surface area (Å²) in [6.07, 6.45) is 2.22. The zero-order valence-corrected chi connectivity index (χ0v) is 15.2. The Kier molecular flexibility index (Phi) is 3.63. The fourth-order valence-electron chi connectivity index (χ4n) is 3.14. The largest absolute Gasteiger partial charge is 0.360 e. The highest BCUT2D eigenvalue weighted by atomic mass is 32.2. The lowest BCUT2D eigenvalue weighted by Crippen LogP contribution is -2.16. The highest BCUT2D eigenvalue weighted by Gasteiger charge is 2.30. The van der Waals surface area contributed by atoms with Gasteiger partial charge in [-0.25, -0.2) is 4.68 Å². The van der Waals surface area contributed by atoms with Crippen LogP contribution in [-0.2, 0) is 11.5 Å². The number of benzene rings is 1. The predicted molar refractivity (Wildman–Crippen MR) is 99.7 cm³/mol. The van der Waals surface area contributed by atoms with Gasteiger partial charge in [-0.2, -0.15) is 16.9 Å². The van der Waals surface area contributed by atoms with Gasteiger partial charge in [0.2, 0.25) is 0 Å². The second kappa shape index (κ2) is 6.02. The van der Waals surface area contributed by atoms with Crippen LogP contribution in [0.2, 0.25) is 0 Å². The fourth-order valence-corrected chi connectivity index (χ4v) is 4.18. The van der Waals surface area contributed by atoms with E-state index in [2.05, 4.69) is 10.5 Å². The molecular formula is C19H18N4O2S. The third-order valence-electron chi connectivity index (χ3n) is 4.80. The van der Waals surface area contributed by atoms with Gasteiger partial charge in [0.25, 0.3) is 5.91 Å². The van der Waals surface area contributed by atoms with E-state index in [0.717, 1.165) is 52.9 Å². The summed E-state index contributed by atoms with van der Waals surface area (Å²) in [5, 5.41) is 11.7. The van der Waals surface area contributed by atoms with E-state index in [1.54, 1.807) is 6.07 Å². The Labute approximate surface area is 154 Å². The van der Waals surface area contributed by atoms with Crippen LogP contribution >= 0.6 is 11.8 Å². The molecule has 0 spiro atoms. The first-order chi connectivity index (χ1) is 12.7. The summed E-state index contributed by atoms with van der Waals surface area (Å²) in [5.41, 5.74) is 4.57. The summed E-state index contributed by atoms with van der Waals surface area (Å²) >= 11 is 1.81. The number of aryl methyl sites for hydroxylation is 1. The average molecular weight is 366 g/mol. The monoisotopic (exact) mass is 366 g/mol. The first kappa shape index (κ1) is 15.7. The van der Waals surface area contributed by atoms with Crippen molar-refractivity contribution in [1.29, 1.82) is 0 Å². The number of hydrogen-bond acceptors (Lipinski definition) is 5. The Morgan fingerprint density at radius 3 is 2.85 bits per heavy atom. The number of nitrogens with zero attached hydrogens (tertiary/aromatic N) is 3. The van der Waals surface area contributed by atoms with Crippen LogP contribution in [0.25, 0.3) is 5.69 Å². The van der Waals surface area contributed by atoms with Crippen LogP contribution in [-0.4, -0.2) is 20.8 Å². The number of anilines is 1. The Balaban J connectivity index is 1.48. The molecule has 1 saturated carbocycles. The molecule has 5 rings (SSSR count). The highest BCUT2D eigenvalue weighted by Crippen LogP contribution is 2.40. The molecule has 132 valence electrons. The molecule has 1 N–H and O–H groups in total. The van der Waals surface area contributed by atoms with Gasteiger partial charge in [0, 0.05) is 29.1 Å². The third-order valence-corrected chi connectivity index (χ3v) is 5.77. The van der Waals surface area contributed by atoms with Gasteiger partial charge in [-0.15, -0.1) is 0 Å². The third kappa shape index (κ3) is 2.72. The number of carbonyl (C=O) groups is 1. The van der Waals surface area contributed by atoms with Crippen LogP contribution in [0.5, 0.6) is 0 Å². The molecule has 0 saturated heterocycles. The average Bonchev–Trinajstić information content (AvgIpc) is 3.07. The van der Waals surface area contributed by atoms with E-state index in [1.165, 1.54) is 5.56 Å². The number of carbonyl (C=O) groups excluding carboxylic acids is 1. The normalized spacial score (nSPS) is 15.9. The molecule has 1 fully saturated rings. The maximum absolute atomic E-state index is 12.7. The molecular weight excluding hydrogens is 348 g/mol. The number of nitrogens with one attached hydrogen (secondary N) is 1. The van der Waals surface area contributed by atoms with Crippen molar-refractivity contribution in [1.82, 2.24) is 14.9 Å². The molecule has 1 aromatic carbocycles. The van der Waals surface area contributed by atoms with Gasteiger partial charge in [0.1, 0.15) is 11.6 Å². The first-order valence-electron chi connectivity index (χ1n) is 8.72. The zero-order chi connectivity index (χ0) is 17.7. The maximum atomic E-state index is 12.7. The second-order valence-corrected chi connectivity index (χ2v) is 7.84. The van der Waals surface area contributed by atoms with Crippen LogP contribution in [0.15, 0.2) is 34.9 Å². The first-order valence-corrected chi connectivity index (χ1v) is 9.88. The van der Waals surface area contributed by atoms with Gasteiger partial charge in [0.15, 0.2) is 5.69 Å². The van der Waals surface area contributed by atoms with Gasteiger partial charge in [-0.1, -0.05) is 22.9 Å². The van der Waals surface area contributed by atoms with Crippen LogP contribution in [0, 0.1) is 6.92 Å². The van der Waals surface area contributed by atoms with Crippen molar-refractivity contribution in [3.63, 3.8) is 0 Å². The Bertz CT molecular complexity index is 986. The van der Waals surface area contributed by atoms with Crippen LogP contribution in [0.4, 0.5) is 5.82 Å². The van der Waals surface area contributed by atoms with Crippen molar-refractivity contribution in [2.45, 2.75) is 37.2 Å². The predicted octanol–water partition coefficient (Wildman–Crippen LogP) is 4.05. The molecule has 26 heavy (non-hydrogen) atoms. The molecule has 6 nitrogen and oxygen atoms in total. The lowest BCUT2D eigenvalue weighted by molar-refractivity contribution is 0.101. The number of hydrogen-bond donors (Lipinski definition) is 1. The molecule has 2 aliphatic rings. The summed E-state index contributed by atoms with van der Waals surface area (Å²) < 4.78 is 7.14. The van der Waals surface area contributed by atoms with Gasteiger partial charge in [-0.05, 0) is 31.9 Å². The van der Waals surface area contributed by atoms with Gasteiger partial charge in [0.05, 0.1) is 11.4 Å². The lowest BCUT2D eigenvalue weighted by Gasteiger charge is -2.10. The zero-order valence-electron chi connectivity index (χ0n) is 14.4. The van der Waals surface area contributed by atoms with E-state index >= 15 is 0 Å². The van der Waals surface area contributed by atoms with E-state index < -0.39 is 0 Å². The van der Waals surface area contributed by atoms with Crippen LogP contribution in [0.1, 0.15) is 51.8 Å². The number of fused-ring (bicyclic) bond motifs is 1. The minimum Gasteiger partial charge on any atom is -0.360 e. The van der Waals surface area contributed by atoms with Crippen molar-refractivity contribution < 1.29 is 9.32 Å². The Morgan fingerprint density at radius 2 is 2.08 bits per heavy atom. The second-order valence-electron chi connectivity index (χ2n) is 6.86. The van der Waals surface area contributed by atoms with E-state index in [9.17, 15) is 4.79 Å². The summed E-state index contributed by atoms with van der Waals surface area (Å²) in [5.74, 6) is 3.43. The lowest BCUT2D eigenvalue weighted by atomic mass is 10.2. The molecule has 2 aromatic heterocycles. The molecule has 3 heterocycles. The number of rotatable bonds is 4. The minimum absolute atomic E-state index is 0.256. The van der Waals surface area contributed by atoms with E-state index in [0.29, 0.717) is 11.6 Å². The van der Waals surface area contributed by atoms with Crippen LogP contribution in [0.3, 0.4) is 0 Å². The van der Waals surface area contributed by atoms with Gasteiger partial charge < -0.3 is 9.84 Å². The van der Waals surface area contributed by atoms with Crippen molar-refractivity contribution in [3.8, 4) is 5.69 Å². The topological polar surface area (TPSA) is 73.0 Å². The summed E-state index contributed by atoms with van der Waals surface area (Å²) in [6, 6.07) is 9.88. The van der Waals surface area contributed by atoms with Crippen molar-refractivity contribution >= 4 is 23.5 Å². The molecule has 7 heteroatoms. The number of amides is 1. The molecule has 1 aliphatic heterocycles. The van der Waals surface area contributed by atoms with E-state index in [1.807, 2.05) is 47.6 Å². The van der Waals surface area contributed by atoms with E-state index in [-0.39, 0.29) is 5.91 Å². The molecule has 1 amide bonds. The summed E-state index contributed by atoms with van der Waals surface area (Å²) in [4.78, 5) is 12.7. The van der Waals surface area contributed by atoms with Crippen molar-refractivity contribution in [2.75, 3.05) is 5.32 Å². The summed E-state index contributed by atoms with van der Waals surface area (Å²) in [6.45, 7) is 2.05. The molecule has 0 unspecified atom stereocenters. The minimum atomic E-state index is -0.256. The van der Waals surface area contributed by atoms with Gasteiger partial charge in [-0.3, -0.25) is 4.79 Å². The molecule has 0 radical (unpaired) electrons. The van der Waals surface area contributed by atoms with Crippen molar-refractivity contribution in [3.05, 3.63) is 58.6 Å². The molecule has 0 atom stereocenters. The van der Waals surface area contributed by atoms with E-state index in [4.69, 9.17) is 9.62 Å². The number of aromatic nitrogens is 3. The Morgan fingerprint density at radius 1 is 1.27 bits per heavy atom. The van der Waals surface area contributed by atoms with Crippen LogP contribution < -0.4 is 5.32 Å². The SMILES string of the molecule is Cc1ccc(-n2nc3c(c2NC(=O)c2cc(C4CC4)on2)CSC3)cc1. The number of thioether (sulfide) groups is 1. The smallest absolute Gasteiger partial charge is 0.279 e. The molecule has 3 aromatic rings. The van der Waals surface area contributed by atoms with Gasteiger partial charge >= 0.3 is 0 Å². The maximum Gasteiger partial charge on any atom is 0.279 e. The molecule has 1 aliphatic carbocycles. The molecule has 0 bridgehead atoms. The quantitative estimate of drug-likeness (QED) is 0.754. The standard InChI is InChI=1S/C19H18N4O2S/c1-11-2-6-13(7-3-11)23-18(14-9-26-10-16(14)21-23)20-19(24)15-8-17(25-22-15)12-4-5-12/h2-3,6-8,12H,4-5,9-10H2,1H3,(H,20,24). The Hall–Kier alpha value is -2.54. The van der Waals surface area contributed by atoms with Crippen molar-refractivity contribution in [2.24, 2.45) is 0 Å². The highest BCUT2D eigenvalue weighted by molar-refractivity contribution is 7.98. The summed E-state index contributed by atoms with van der Waals surface area (Å²) in [7, 11) is 0. The fraction of sp³-hybridized carbons (Fsp3) is 0.316.